The molecule has 1 aromatic carbocycles. The Morgan fingerprint density at radius 1 is 0.895 bits per heavy atom. The van der Waals surface area contributed by atoms with Gasteiger partial charge in [0, 0.05) is 0 Å². The number of benzene rings is 1. The number of fused-ring (bicyclic) bond motifs is 1. The molecule has 0 radical (unpaired) electrons. The van der Waals surface area contributed by atoms with Crippen LogP contribution in [0.3, 0.4) is 0 Å². The fraction of sp³-hybridized carbons (Fsp3) is 0.579. The molecule has 0 heterocycles. The third-order valence-corrected chi connectivity index (χ3v) is 5.26. The van der Waals surface area contributed by atoms with E-state index in [1.807, 2.05) is 0 Å². The van der Waals surface area contributed by atoms with E-state index >= 15 is 0 Å². The molecule has 0 fully saturated rings. The molecular weight excluding hydrogens is 228 g/mol. The van der Waals surface area contributed by atoms with Gasteiger partial charge in [0.2, 0.25) is 0 Å². The van der Waals surface area contributed by atoms with Gasteiger partial charge in [-0.1, -0.05) is 52.0 Å². The lowest BCUT2D eigenvalue weighted by Gasteiger charge is -2.42. The van der Waals surface area contributed by atoms with Gasteiger partial charge in [-0.15, -0.1) is 0 Å². The van der Waals surface area contributed by atoms with E-state index in [0.29, 0.717) is 10.8 Å². The maximum atomic E-state index is 2.49. The lowest BCUT2D eigenvalue weighted by molar-refractivity contribution is 0.332. The van der Waals surface area contributed by atoms with Gasteiger partial charge in [0.25, 0.3) is 0 Å². The highest BCUT2D eigenvalue weighted by atomic mass is 14.4. The van der Waals surface area contributed by atoms with Crippen molar-refractivity contribution in [1.29, 1.82) is 0 Å². The summed E-state index contributed by atoms with van der Waals surface area (Å²) in [5.74, 6) is 0. The number of hydrogen-bond donors (Lipinski definition) is 0. The first-order valence-corrected chi connectivity index (χ1v) is 7.75. The largest absolute Gasteiger partial charge is 0.0807 e. The van der Waals surface area contributed by atoms with Gasteiger partial charge in [0.15, 0.2) is 0 Å². The lowest BCUT2D eigenvalue weighted by atomic mass is 9.63. The molecule has 2 aliphatic carbocycles. The van der Waals surface area contributed by atoms with Crippen LogP contribution in [0.5, 0.6) is 0 Å². The van der Waals surface area contributed by atoms with Crippen molar-refractivity contribution in [2.75, 3.05) is 0 Å². The molecule has 0 heteroatoms. The molecule has 3 rings (SSSR count). The summed E-state index contributed by atoms with van der Waals surface area (Å²) in [4.78, 5) is 0. The van der Waals surface area contributed by atoms with Crippen LogP contribution < -0.4 is 0 Å². The fourth-order valence-corrected chi connectivity index (χ4v) is 3.72. The first-order valence-electron chi connectivity index (χ1n) is 7.75. The highest BCUT2D eigenvalue weighted by Gasteiger charge is 2.37. The van der Waals surface area contributed by atoms with E-state index in [1.54, 1.807) is 16.7 Å². The van der Waals surface area contributed by atoms with Crippen LogP contribution in [-0.2, 0) is 10.8 Å². The van der Waals surface area contributed by atoms with Crippen molar-refractivity contribution in [3.8, 4) is 0 Å². The van der Waals surface area contributed by atoms with Crippen molar-refractivity contribution in [1.82, 2.24) is 0 Å². The van der Waals surface area contributed by atoms with Crippen molar-refractivity contribution in [3.05, 3.63) is 41.0 Å². The Hall–Kier alpha value is -1.04. The van der Waals surface area contributed by atoms with E-state index in [1.165, 1.54) is 37.7 Å². The van der Waals surface area contributed by atoms with Crippen molar-refractivity contribution in [2.24, 2.45) is 0 Å². The summed E-state index contributed by atoms with van der Waals surface area (Å²) in [5.41, 5.74) is 6.89. The van der Waals surface area contributed by atoms with E-state index in [2.05, 4.69) is 52.0 Å². The van der Waals surface area contributed by atoms with Crippen LogP contribution in [0.4, 0.5) is 0 Å². The minimum Gasteiger partial charge on any atom is -0.0807 e. The molecule has 0 unspecified atom stereocenters. The zero-order valence-electron chi connectivity index (χ0n) is 12.8. The van der Waals surface area contributed by atoms with E-state index in [4.69, 9.17) is 0 Å². The van der Waals surface area contributed by atoms with E-state index in [0.717, 1.165) is 0 Å². The Morgan fingerprint density at radius 3 is 2.21 bits per heavy atom. The topological polar surface area (TPSA) is 0 Å². The molecular formula is C19H26. The number of hydrogen-bond acceptors (Lipinski definition) is 0. The summed E-state index contributed by atoms with van der Waals surface area (Å²) in [7, 11) is 0. The molecule has 0 N–H and O–H groups in total. The Balaban J connectivity index is 2.12. The van der Waals surface area contributed by atoms with Gasteiger partial charge < -0.3 is 0 Å². The van der Waals surface area contributed by atoms with Gasteiger partial charge >= 0.3 is 0 Å². The van der Waals surface area contributed by atoms with Gasteiger partial charge in [-0.05, 0) is 65.2 Å². The first-order chi connectivity index (χ1) is 8.90. The third-order valence-electron chi connectivity index (χ3n) is 5.26. The molecule has 0 bridgehead atoms. The van der Waals surface area contributed by atoms with Gasteiger partial charge in [-0.3, -0.25) is 0 Å². The molecule has 0 amide bonds. The highest BCUT2D eigenvalue weighted by Crippen LogP contribution is 2.46. The van der Waals surface area contributed by atoms with Gasteiger partial charge in [-0.25, -0.2) is 0 Å². The second-order valence-corrected chi connectivity index (χ2v) is 7.65. The SMILES string of the molecule is CC1(C)CCC(C)(C)c2cc(C3=CCCC3)ccc21. The average Bonchev–Trinajstić information content (AvgIpc) is 2.89. The molecule has 2 aliphatic rings. The lowest BCUT2D eigenvalue weighted by Crippen LogP contribution is -2.33. The normalized spacial score (nSPS) is 23.9. The highest BCUT2D eigenvalue weighted by molar-refractivity contribution is 5.68. The Labute approximate surface area is 117 Å². The molecule has 0 saturated carbocycles. The molecule has 0 saturated heterocycles. The summed E-state index contributed by atoms with van der Waals surface area (Å²) < 4.78 is 0. The summed E-state index contributed by atoms with van der Waals surface area (Å²) in [6, 6.07) is 7.26. The van der Waals surface area contributed by atoms with Crippen molar-refractivity contribution in [2.45, 2.75) is 70.6 Å². The Kier molecular flexibility index (Phi) is 2.89. The monoisotopic (exact) mass is 254 g/mol. The van der Waals surface area contributed by atoms with Crippen LogP contribution in [-0.4, -0.2) is 0 Å². The van der Waals surface area contributed by atoms with Gasteiger partial charge in [-0.2, -0.15) is 0 Å². The van der Waals surface area contributed by atoms with Crippen LogP contribution in [0.1, 0.15) is 76.5 Å². The number of rotatable bonds is 1. The average molecular weight is 254 g/mol. The Bertz CT molecular complexity index is 529. The minimum absolute atomic E-state index is 0.333. The molecule has 1 aromatic rings. The predicted molar refractivity (Wildman–Crippen MR) is 83.6 cm³/mol. The van der Waals surface area contributed by atoms with E-state index < -0.39 is 0 Å². The summed E-state index contributed by atoms with van der Waals surface area (Å²) in [6.45, 7) is 9.62. The first kappa shape index (κ1) is 13.0. The maximum Gasteiger partial charge on any atom is -0.0100 e. The molecule has 0 atom stereocenters. The van der Waals surface area contributed by atoms with Crippen LogP contribution >= 0.6 is 0 Å². The second kappa shape index (κ2) is 4.23. The van der Waals surface area contributed by atoms with Crippen LogP contribution in [0.15, 0.2) is 24.3 Å². The number of allylic oxidation sites excluding steroid dienone is 2. The minimum atomic E-state index is 0.333. The molecule has 0 nitrogen and oxygen atoms in total. The molecule has 102 valence electrons. The van der Waals surface area contributed by atoms with Crippen LogP contribution in [0.2, 0.25) is 0 Å². The van der Waals surface area contributed by atoms with Crippen molar-refractivity contribution < 1.29 is 0 Å². The van der Waals surface area contributed by atoms with Crippen LogP contribution in [0, 0.1) is 0 Å². The van der Waals surface area contributed by atoms with Gasteiger partial charge in [0.1, 0.15) is 0 Å². The summed E-state index contributed by atoms with van der Waals surface area (Å²) in [5, 5.41) is 0. The smallest absolute Gasteiger partial charge is 0.0100 e. The van der Waals surface area contributed by atoms with Crippen molar-refractivity contribution in [3.63, 3.8) is 0 Å². The zero-order chi connectivity index (χ0) is 13.7. The van der Waals surface area contributed by atoms with Crippen LogP contribution in [0.25, 0.3) is 5.57 Å². The standard InChI is InChI=1S/C19H26/c1-18(2)11-12-19(3,4)17-13-15(9-10-16(17)18)14-7-5-6-8-14/h7,9-10,13H,5-6,8,11-12H2,1-4H3. The summed E-state index contributed by atoms with van der Waals surface area (Å²) in [6.07, 6.45) is 8.90. The Morgan fingerprint density at radius 2 is 1.58 bits per heavy atom. The third kappa shape index (κ3) is 2.16. The fourth-order valence-electron chi connectivity index (χ4n) is 3.72. The molecule has 19 heavy (non-hydrogen) atoms. The van der Waals surface area contributed by atoms with Crippen molar-refractivity contribution >= 4 is 5.57 Å². The second-order valence-electron chi connectivity index (χ2n) is 7.65. The molecule has 0 spiro atoms. The quantitative estimate of drug-likeness (QED) is 0.611. The van der Waals surface area contributed by atoms with Gasteiger partial charge in [0.05, 0.1) is 0 Å². The maximum absolute atomic E-state index is 2.49. The zero-order valence-corrected chi connectivity index (χ0v) is 12.8. The predicted octanol–water partition coefficient (Wildman–Crippen LogP) is 5.60. The molecule has 0 aliphatic heterocycles. The molecule has 0 aromatic heterocycles. The van der Waals surface area contributed by atoms with E-state index in [9.17, 15) is 0 Å². The summed E-state index contributed by atoms with van der Waals surface area (Å²) >= 11 is 0. The van der Waals surface area contributed by atoms with E-state index in [-0.39, 0.29) is 0 Å².